The molecule has 148 valence electrons. The second-order valence-corrected chi connectivity index (χ2v) is 6.88. The molecule has 0 radical (unpaired) electrons. The van der Waals surface area contributed by atoms with E-state index >= 15 is 0 Å². The van der Waals surface area contributed by atoms with Crippen molar-refractivity contribution in [3.63, 3.8) is 0 Å². The van der Waals surface area contributed by atoms with E-state index in [-0.39, 0.29) is 25.5 Å². The maximum absolute atomic E-state index is 11.6. The molecule has 3 aliphatic heterocycles. The minimum Gasteiger partial charge on any atom is -0.393 e. The predicted octanol–water partition coefficient (Wildman–Crippen LogP) is 0.987. The molecule has 0 spiro atoms. The first kappa shape index (κ1) is 18.7. The van der Waals surface area contributed by atoms with Gasteiger partial charge >= 0.3 is 0 Å². The summed E-state index contributed by atoms with van der Waals surface area (Å²) in [5.41, 5.74) is 8.48. The SMILES string of the molecule is [N-]=[N+]=NCC[C@]1(CO)O[C@@H]2[C@@H](OC3NC(=O)C=CN32)C1OCc1ccccc1. The number of carbonyl (C=O) groups excluding carboxylic acids is 1. The Morgan fingerprint density at radius 2 is 2.21 bits per heavy atom. The summed E-state index contributed by atoms with van der Waals surface area (Å²) in [6.07, 6.45) is 0.943. The fourth-order valence-electron chi connectivity index (χ4n) is 3.84. The van der Waals surface area contributed by atoms with Gasteiger partial charge in [0.2, 0.25) is 12.3 Å². The van der Waals surface area contributed by atoms with Gasteiger partial charge < -0.3 is 29.5 Å². The number of benzene rings is 1. The Kier molecular flexibility index (Phi) is 5.21. The average molecular weight is 387 g/mol. The molecular weight excluding hydrogens is 366 g/mol. The van der Waals surface area contributed by atoms with Gasteiger partial charge in [0.05, 0.1) is 13.2 Å². The summed E-state index contributed by atoms with van der Waals surface area (Å²) in [6.45, 7) is 0.133. The summed E-state index contributed by atoms with van der Waals surface area (Å²) in [4.78, 5) is 16.1. The Morgan fingerprint density at radius 3 is 2.96 bits per heavy atom. The molecule has 2 unspecified atom stereocenters. The van der Waals surface area contributed by atoms with E-state index in [2.05, 4.69) is 15.3 Å². The summed E-state index contributed by atoms with van der Waals surface area (Å²) >= 11 is 0. The Morgan fingerprint density at radius 1 is 1.39 bits per heavy atom. The second-order valence-electron chi connectivity index (χ2n) is 6.88. The first-order valence-electron chi connectivity index (χ1n) is 9.03. The maximum Gasteiger partial charge on any atom is 0.248 e. The van der Waals surface area contributed by atoms with E-state index in [1.54, 1.807) is 11.1 Å². The van der Waals surface area contributed by atoms with E-state index in [0.717, 1.165) is 5.56 Å². The van der Waals surface area contributed by atoms with Crippen LogP contribution < -0.4 is 5.32 Å². The highest BCUT2D eigenvalue weighted by Gasteiger charge is 2.62. The highest BCUT2D eigenvalue weighted by Crippen LogP contribution is 2.44. The highest BCUT2D eigenvalue weighted by atomic mass is 16.7. The van der Waals surface area contributed by atoms with Crippen molar-refractivity contribution < 1.29 is 24.1 Å². The molecule has 1 amide bonds. The zero-order chi connectivity index (χ0) is 19.6. The molecule has 10 nitrogen and oxygen atoms in total. The number of azide groups is 1. The van der Waals surface area contributed by atoms with E-state index in [9.17, 15) is 9.90 Å². The number of ether oxygens (including phenoxy) is 3. The van der Waals surface area contributed by atoms with Gasteiger partial charge in [-0.2, -0.15) is 0 Å². The zero-order valence-corrected chi connectivity index (χ0v) is 15.0. The number of nitrogens with zero attached hydrogens (tertiary/aromatic N) is 4. The molecule has 3 heterocycles. The first-order chi connectivity index (χ1) is 13.7. The summed E-state index contributed by atoms with van der Waals surface area (Å²) in [6, 6.07) is 9.63. The Bertz CT molecular complexity index is 799. The predicted molar refractivity (Wildman–Crippen MR) is 96.1 cm³/mol. The van der Waals surface area contributed by atoms with Gasteiger partial charge in [-0.25, -0.2) is 0 Å². The average Bonchev–Trinajstić information content (AvgIpc) is 3.20. The topological polar surface area (TPSA) is 129 Å². The van der Waals surface area contributed by atoms with Crippen LogP contribution in [-0.4, -0.2) is 59.5 Å². The molecule has 0 aliphatic carbocycles. The van der Waals surface area contributed by atoms with Crippen molar-refractivity contribution in [2.45, 2.75) is 43.4 Å². The summed E-state index contributed by atoms with van der Waals surface area (Å²) in [5, 5.41) is 16.5. The first-order valence-corrected chi connectivity index (χ1v) is 9.03. The normalized spacial score (nSPS) is 33.2. The number of rotatable bonds is 7. The van der Waals surface area contributed by atoms with Crippen molar-refractivity contribution in [2.24, 2.45) is 5.11 Å². The molecule has 10 heteroatoms. The molecule has 0 aromatic heterocycles. The number of nitrogens with one attached hydrogen (secondary N) is 1. The number of aliphatic hydroxyl groups excluding tert-OH is 1. The van der Waals surface area contributed by atoms with Crippen LogP contribution in [0.5, 0.6) is 0 Å². The zero-order valence-electron chi connectivity index (χ0n) is 15.0. The van der Waals surface area contributed by atoms with Crippen LogP contribution in [0.2, 0.25) is 0 Å². The van der Waals surface area contributed by atoms with Gasteiger partial charge in [0.1, 0.15) is 17.8 Å². The van der Waals surface area contributed by atoms with Gasteiger partial charge in [0.25, 0.3) is 0 Å². The van der Waals surface area contributed by atoms with Gasteiger partial charge in [-0.05, 0) is 17.5 Å². The van der Waals surface area contributed by atoms with Crippen LogP contribution in [0, 0.1) is 0 Å². The minimum absolute atomic E-state index is 0.150. The number of fused-ring (bicyclic) bond motifs is 3. The number of aliphatic hydroxyl groups is 1. The molecule has 1 aromatic carbocycles. The van der Waals surface area contributed by atoms with E-state index in [4.69, 9.17) is 19.7 Å². The number of amides is 1. The molecule has 2 fully saturated rings. The third kappa shape index (κ3) is 3.32. The van der Waals surface area contributed by atoms with Crippen LogP contribution >= 0.6 is 0 Å². The summed E-state index contributed by atoms with van der Waals surface area (Å²) in [5.74, 6) is -0.250. The molecular formula is C18H21N5O5. The molecule has 5 atom stereocenters. The molecule has 2 saturated heterocycles. The molecule has 28 heavy (non-hydrogen) atoms. The van der Waals surface area contributed by atoms with Crippen LogP contribution in [0.3, 0.4) is 0 Å². The smallest absolute Gasteiger partial charge is 0.248 e. The summed E-state index contributed by atoms with van der Waals surface area (Å²) in [7, 11) is 0. The van der Waals surface area contributed by atoms with Crippen molar-refractivity contribution in [1.82, 2.24) is 10.2 Å². The van der Waals surface area contributed by atoms with Crippen LogP contribution in [0.4, 0.5) is 0 Å². The molecule has 0 bridgehead atoms. The molecule has 2 N–H and O–H groups in total. The van der Waals surface area contributed by atoms with E-state index in [1.807, 2.05) is 30.3 Å². The van der Waals surface area contributed by atoms with Crippen molar-refractivity contribution in [3.05, 3.63) is 58.6 Å². The van der Waals surface area contributed by atoms with Gasteiger partial charge in [0.15, 0.2) is 6.23 Å². The van der Waals surface area contributed by atoms with Crippen molar-refractivity contribution >= 4 is 5.91 Å². The Hall–Kier alpha value is -2.62. The Labute approximate surface area is 161 Å². The highest BCUT2D eigenvalue weighted by molar-refractivity contribution is 5.88. The third-order valence-corrected chi connectivity index (χ3v) is 5.21. The fourth-order valence-corrected chi connectivity index (χ4v) is 3.84. The largest absolute Gasteiger partial charge is 0.393 e. The molecule has 3 aliphatic rings. The van der Waals surface area contributed by atoms with Gasteiger partial charge in [-0.15, -0.1) is 0 Å². The van der Waals surface area contributed by atoms with E-state index < -0.39 is 30.4 Å². The molecule has 1 aromatic rings. The van der Waals surface area contributed by atoms with Crippen molar-refractivity contribution in [3.8, 4) is 0 Å². The molecule has 4 rings (SSSR count). The van der Waals surface area contributed by atoms with Gasteiger partial charge in [0, 0.05) is 23.7 Å². The summed E-state index contributed by atoms with van der Waals surface area (Å²) < 4.78 is 18.4. The van der Waals surface area contributed by atoms with Crippen molar-refractivity contribution in [2.75, 3.05) is 13.2 Å². The quantitative estimate of drug-likeness (QED) is 0.408. The lowest BCUT2D eigenvalue weighted by Gasteiger charge is -2.36. The van der Waals surface area contributed by atoms with Gasteiger partial charge in [-0.1, -0.05) is 35.4 Å². The lowest BCUT2D eigenvalue weighted by atomic mass is 9.92. The van der Waals surface area contributed by atoms with Crippen LogP contribution in [-0.2, 0) is 25.6 Å². The molecule has 0 saturated carbocycles. The van der Waals surface area contributed by atoms with Crippen LogP contribution in [0.25, 0.3) is 10.4 Å². The Balaban J connectivity index is 1.58. The monoisotopic (exact) mass is 387 g/mol. The standard InChI is InChI=1S/C18H21N5O5/c19-22-20-8-7-18(11-24)15(26-10-12-4-2-1-3-5-12)14-16(28-18)23-9-6-13(25)21-17(23)27-14/h1-6,9,14-17,24H,7-8,10-11H2,(H,21,25)/t14-,15?,16+,17?,18+/m0/s1. The van der Waals surface area contributed by atoms with Crippen molar-refractivity contribution in [1.29, 1.82) is 0 Å². The number of hydrogen-bond donors (Lipinski definition) is 2. The fraction of sp³-hybridized carbons (Fsp3) is 0.500. The number of hydrogen-bond acceptors (Lipinski definition) is 7. The third-order valence-electron chi connectivity index (χ3n) is 5.21. The van der Waals surface area contributed by atoms with Crippen LogP contribution in [0.15, 0.2) is 47.7 Å². The number of carbonyl (C=O) groups is 1. The van der Waals surface area contributed by atoms with E-state index in [1.165, 1.54) is 6.08 Å². The van der Waals surface area contributed by atoms with Gasteiger partial charge in [-0.3, -0.25) is 4.79 Å². The van der Waals surface area contributed by atoms with E-state index in [0.29, 0.717) is 6.61 Å². The second kappa shape index (κ2) is 7.78. The lowest BCUT2D eigenvalue weighted by Crippen LogP contribution is -2.52. The lowest BCUT2D eigenvalue weighted by molar-refractivity contribution is -0.180. The van der Waals surface area contributed by atoms with Crippen LogP contribution in [0.1, 0.15) is 12.0 Å². The maximum atomic E-state index is 11.6. The minimum atomic E-state index is -1.08.